The molecule has 1 aromatic rings. The highest BCUT2D eigenvalue weighted by Gasteiger charge is 2.13. The van der Waals surface area contributed by atoms with E-state index in [1.54, 1.807) is 14.2 Å². The summed E-state index contributed by atoms with van der Waals surface area (Å²) in [5, 5.41) is 4.13. The number of rotatable bonds is 5. The average molecular weight is 282 g/mol. The molecule has 1 unspecified atom stereocenters. The average Bonchev–Trinajstić information content (AvgIpc) is 2.45. The zero-order valence-corrected chi connectivity index (χ0v) is 12.2. The summed E-state index contributed by atoms with van der Waals surface area (Å²) in [6.45, 7) is 0.790. The molecule has 1 aliphatic rings. The van der Waals surface area contributed by atoms with E-state index in [2.05, 4.69) is 17.5 Å². The van der Waals surface area contributed by atoms with Gasteiger partial charge in [0, 0.05) is 12.6 Å². The van der Waals surface area contributed by atoms with Crippen molar-refractivity contribution in [3.8, 4) is 11.5 Å². The predicted molar refractivity (Wildman–Crippen MR) is 78.2 cm³/mol. The second-order valence-electron chi connectivity index (χ2n) is 4.68. The Bertz CT molecular complexity index is 460. The molecular weight excluding hydrogens is 262 g/mol. The fourth-order valence-electron chi connectivity index (χ4n) is 2.31. The van der Waals surface area contributed by atoms with Crippen molar-refractivity contribution < 1.29 is 9.47 Å². The van der Waals surface area contributed by atoms with E-state index in [4.69, 9.17) is 21.1 Å². The van der Waals surface area contributed by atoms with Gasteiger partial charge >= 0.3 is 0 Å². The molecule has 0 saturated carbocycles. The highest BCUT2D eigenvalue weighted by atomic mass is 35.5. The molecule has 19 heavy (non-hydrogen) atoms. The number of nitrogens with one attached hydrogen (secondary N) is 1. The molecule has 4 heteroatoms. The van der Waals surface area contributed by atoms with Crippen molar-refractivity contribution >= 4 is 11.6 Å². The smallest absolute Gasteiger partial charge is 0.179 e. The monoisotopic (exact) mass is 281 g/mol. The summed E-state index contributed by atoms with van der Waals surface area (Å²) in [6, 6.07) is 4.45. The second kappa shape index (κ2) is 6.83. The van der Waals surface area contributed by atoms with Gasteiger partial charge in [-0.1, -0.05) is 23.8 Å². The molecule has 0 heterocycles. The van der Waals surface area contributed by atoms with Crippen LogP contribution in [0.25, 0.3) is 0 Å². The maximum atomic E-state index is 6.19. The van der Waals surface area contributed by atoms with Crippen molar-refractivity contribution in [1.82, 2.24) is 5.32 Å². The SMILES string of the molecule is COc1cc(CNC2CC=CCC2)cc(Cl)c1OC. The fourth-order valence-corrected chi connectivity index (χ4v) is 2.63. The Morgan fingerprint density at radius 3 is 2.74 bits per heavy atom. The number of hydrogen-bond donors (Lipinski definition) is 1. The second-order valence-corrected chi connectivity index (χ2v) is 5.08. The summed E-state index contributed by atoms with van der Waals surface area (Å²) in [7, 11) is 3.22. The fraction of sp³-hybridized carbons (Fsp3) is 0.467. The summed E-state index contributed by atoms with van der Waals surface area (Å²) in [5.41, 5.74) is 1.11. The lowest BCUT2D eigenvalue weighted by molar-refractivity contribution is 0.354. The van der Waals surface area contributed by atoms with Crippen LogP contribution in [0.1, 0.15) is 24.8 Å². The van der Waals surface area contributed by atoms with Gasteiger partial charge in [0.2, 0.25) is 0 Å². The first-order valence-electron chi connectivity index (χ1n) is 6.53. The van der Waals surface area contributed by atoms with Crippen LogP contribution in [0.5, 0.6) is 11.5 Å². The molecular formula is C15H20ClNO2. The Labute approximate surface area is 119 Å². The Hall–Kier alpha value is -1.19. The zero-order valence-electron chi connectivity index (χ0n) is 11.4. The first-order valence-corrected chi connectivity index (χ1v) is 6.91. The Morgan fingerprint density at radius 2 is 2.11 bits per heavy atom. The molecule has 104 valence electrons. The lowest BCUT2D eigenvalue weighted by atomic mass is 10.0. The third-order valence-electron chi connectivity index (χ3n) is 3.36. The van der Waals surface area contributed by atoms with Crippen molar-refractivity contribution in [2.24, 2.45) is 0 Å². The van der Waals surface area contributed by atoms with E-state index >= 15 is 0 Å². The predicted octanol–water partition coefficient (Wildman–Crippen LogP) is 3.56. The summed E-state index contributed by atoms with van der Waals surface area (Å²) < 4.78 is 10.5. The van der Waals surface area contributed by atoms with Gasteiger partial charge in [0.1, 0.15) is 0 Å². The van der Waals surface area contributed by atoms with Crippen LogP contribution in [0.2, 0.25) is 5.02 Å². The van der Waals surface area contributed by atoms with Crippen LogP contribution >= 0.6 is 11.6 Å². The van der Waals surface area contributed by atoms with Crippen LogP contribution in [-0.2, 0) is 6.54 Å². The maximum absolute atomic E-state index is 6.19. The van der Waals surface area contributed by atoms with Crippen LogP contribution in [0.15, 0.2) is 24.3 Å². The van der Waals surface area contributed by atoms with E-state index in [0.29, 0.717) is 22.6 Å². The molecule has 1 aromatic carbocycles. The van der Waals surface area contributed by atoms with E-state index in [9.17, 15) is 0 Å². The van der Waals surface area contributed by atoms with Crippen LogP contribution in [0.4, 0.5) is 0 Å². The van der Waals surface area contributed by atoms with Crippen molar-refractivity contribution in [1.29, 1.82) is 0 Å². The quantitative estimate of drug-likeness (QED) is 0.837. The highest BCUT2D eigenvalue weighted by Crippen LogP contribution is 2.36. The molecule has 0 bridgehead atoms. The van der Waals surface area contributed by atoms with E-state index in [-0.39, 0.29) is 0 Å². The molecule has 0 aliphatic heterocycles. The summed E-state index contributed by atoms with van der Waals surface area (Å²) in [4.78, 5) is 0. The number of hydrogen-bond acceptors (Lipinski definition) is 3. The lowest BCUT2D eigenvalue weighted by Gasteiger charge is -2.20. The number of benzene rings is 1. The number of methoxy groups -OCH3 is 2. The van der Waals surface area contributed by atoms with Crippen LogP contribution < -0.4 is 14.8 Å². The van der Waals surface area contributed by atoms with Crippen LogP contribution in [0, 0.1) is 0 Å². The van der Waals surface area contributed by atoms with Gasteiger partial charge in [0.15, 0.2) is 11.5 Å². The first kappa shape index (κ1) is 14.2. The van der Waals surface area contributed by atoms with Crippen LogP contribution in [0.3, 0.4) is 0 Å². The van der Waals surface area contributed by atoms with Gasteiger partial charge in [-0.15, -0.1) is 0 Å². The molecule has 3 nitrogen and oxygen atoms in total. The summed E-state index contributed by atoms with van der Waals surface area (Å²) in [5.74, 6) is 1.27. The minimum Gasteiger partial charge on any atom is -0.493 e. The molecule has 0 saturated heterocycles. The normalized spacial score (nSPS) is 18.4. The van der Waals surface area contributed by atoms with Gasteiger partial charge in [0.05, 0.1) is 19.2 Å². The van der Waals surface area contributed by atoms with Gasteiger partial charge in [-0.05, 0) is 37.0 Å². The van der Waals surface area contributed by atoms with Crippen molar-refractivity contribution in [3.63, 3.8) is 0 Å². The molecule has 0 aromatic heterocycles. The largest absolute Gasteiger partial charge is 0.493 e. The third-order valence-corrected chi connectivity index (χ3v) is 3.64. The molecule has 1 atom stereocenters. The first-order chi connectivity index (χ1) is 9.24. The van der Waals surface area contributed by atoms with Gasteiger partial charge in [-0.3, -0.25) is 0 Å². The Kier molecular flexibility index (Phi) is 5.11. The number of ether oxygens (including phenoxy) is 2. The lowest BCUT2D eigenvalue weighted by Crippen LogP contribution is -2.29. The van der Waals surface area contributed by atoms with E-state index < -0.39 is 0 Å². The van der Waals surface area contributed by atoms with Gasteiger partial charge in [-0.2, -0.15) is 0 Å². The molecule has 0 spiro atoms. The maximum Gasteiger partial charge on any atom is 0.179 e. The minimum absolute atomic E-state index is 0.553. The van der Waals surface area contributed by atoms with Gasteiger partial charge < -0.3 is 14.8 Å². The van der Waals surface area contributed by atoms with Crippen molar-refractivity contribution in [2.75, 3.05) is 14.2 Å². The van der Waals surface area contributed by atoms with Gasteiger partial charge in [0.25, 0.3) is 0 Å². The van der Waals surface area contributed by atoms with Gasteiger partial charge in [-0.25, -0.2) is 0 Å². The Morgan fingerprint density at radius 1 is 1.26 bits per heavy atom. The molecule has 0 amide bonds. The molecule has 0 radical (unpaired) electrons. The molecule has 1 aliphatic carbocycles. The van der Waals surface area contributed by atoms with E-state index in [1.165, 1.54) is 6.42 Å². The van der Waals surface area contributed by atoms with Crippen molar-refractivity contribution in [2.45, 2.75) is 31.8 Å². The molecule has 2 rings (SSSR count). The summed E-state index contributed by atoms with van der Waals surface area (Å²) in [6.07, 6.45) is 7.93. The van der Waals surface area contributed by atoms with E-state index in [0.717, 1.165) is 24.9 Å². The Balaban J connectivity index is 2.04. The number of allylic oxidation sites excluding steroid dienone is 1. The minimum atomic E-state index is 0.553. The molecule has 1 N–H and O–H groups in total. The third kappa shape index (κ3) is 3.64. The van der Waals surface area contributed by atoms with Crippen molar-refractivity contribution in [3.05, 3.63) is 34.9 Å². The number of halogens is 1. The van der Waals surface area contributed by atoms with Crippen LogP contribution in [-0.4, -0.2) is 20.3 Å². The standard InChI is InChI=1S/C15H20ClNO2/c1-18-14-9-11(8-13(16)15(14)19-2)10-17-12-6-4-3-5-7-12/h3-4,8-9,12,17H,5-7,10H2,1-2H3. The highest BCUT2D eigenvalue weighted by molar-refractivity contribution is 6.32. The topological polar surface area (TPSA) is 30.5 Å². The summed E-state index contributed by atoms with van der Waals surface area (Å²) >= 11 is 6.19. The zero-order chi connectivity index (χ0) is 13.7. The molecule has 0 fully saturated rings. The van der Waals surface area contributed by atoms with E-state index in [1.807, 2.05) is 12.1 Å².